The maximum Gasteiger partial charge on any atom is 0.0701 e. The maximum atomic E-state index is 5.94. The Hall–Kier alpha value is 0.430. The molecule has 2 rings (SSSR count). The van der Waals surface area contributed by atoms with Crippen LogP contribution in [0.1, 0.15) is 37.0 Å². The molecule has 1 aliphatic rings. The van der Waals surface area contributed by atoms with Gasteiger partial charge in [0.1, 0.15) is 0 Å². The molecule has 0 N–H and O–H groups in total. The lowest BCUT2D eigenvalue weighted by Crippen LogP contribution is -2.37. The Labute approximate surface area is 121 Å². The van der Waals surface area contributed by atoms with Crippen molar-refractivity contribution < 1.29 is 0 Å². The maximum absolute atomic E-state index is 5.94. The van der Waals surface area contributed by atoms with Gasteiger partial charge in [-0.05, 0) is 40.9 Å². The van der Waals surface area contributed by atoms with E-state index in [4.69, 9.17) is 11.6 Å². The third-order valence-corrected chi connectivity index (χ3v) is 5.23. The van der Waals surface area contributed by atoms with E-state index in [-0.39, 0.29) is 0 Å². The highest BCUT2D eigenvalue weighted by atomic mass is 79.9. The lowest BCUT2D eigenvalue weighted by atomic mass is 9.94. The summed E-state index contributed by atoms with van der Waals surface area (Å²) in [5.74, 6) is 0.739. The number of nitrogens with zero attached hydrogens (tertiary/aromatic N) is 1. The third-order valence-electron chi connectivity index (χ3n) is 3.45. The number of thiophene rings is 1. The van der Waals surface area contributed by atoms with E-state index in [1.165, 1.54) is 40.8 Å². The lowest BCUT2D eigenvalue weighted by molar-refractivity contribution is 0.158. The van der Waals surface area contributed by atoms with E-state index in [2.05, 4.69) is 33.0 Å². The van der Waals surface area contributed by atoms with E-state index in [0.29, 0.717) is 0 Å². The Morgan fingerprint density at radius 2 is 2.06 bits per heavy atom. The fourth-order valence-electron chi connectivity index (χ4n) is 2.58. The van der Waals surface area contributed by atoms with Gasteiger partial charge in [0.05, 0.1) is 3.79 Å². The fraction of sp³-hybridized carbons (Fsp3) is 0.692. The highest BCUT2D eigenvalue weighted by Gasteiger charge is 2.21. The topological polar surface area (TPSA) is 3.24 Å². The van der Waals surface area contributed by atoms with Crippen molar-refractivity contribution in [2.45, 2.75) is 44.7 Å². The first-order chi connectivity index (χ1) is 8.29. The highest BCUT2D eigenvalue weighted by molar-refractivity contribution is 9.11. The van der Waals surface area contributed by atoms with Crippen LogP contribution in [0.3, 0.4) is 0 Å². The standard InChI is InChI=1S/C13H19BrClNS/c14-13-7-6-12(17-13)10-16(9-8-15)11-4-2-1-3-5-11/h6-7,11H,1-5,8-10H2. The molecule has 1 aliphatic carbocycles. The highest BCUT2D eigenvalue weighted by Crippen LogP contribution is 2.27. The van der Waals surface area contributed by atoms with Crippen LogP contribution in [-0.2, 0) is 6.54 Å². The molecule has 4 heteroatoms. The van der Waals surface area contributed by atoms with Crippen molar-refractivity contribution in [3.8, 4) is 0 Å². The van der Waals surface area contributed by atoms with Crippen molar-refractivity contribution in [2.75, 3.05) is 12.4 Å². The van der Waals surface area contributed by atoms with Gasteiger partial charge < -0.3 is 0 Å². The second-order valence-electron chi connectivity index (χ2n) is 4.66. The van der Waals surface area contributed by atoms with Gasteiger partial charge in [-0.3, -0.25) is 4.90 Å². The zero-order valence-corrected chi connectivity index (χ0v) is 13.2. The van der Waals surface area contributed by atoms with E-state index >= 15 is 0 Å². The molecule has 1 fully saturated rings. The Morgan fingerprint density at radius 3 is 2.65 bits per heavy atom. The average molecular weight is 337 g/mol. The number of hydrogen-bond donors (Lipinski definition) is 0. The molecular weight excluding hydrogens is 318 g/mol. The summed E-state index contributed by atoms with van der Waals surface area (Å²) in [4.78, 5) is 4.01. The van der Waals surface area contributed by atoms with E-state index in [1.54, 1.807) is 0 Å². The van der Waals surface area contributed by atoms with Gasteiger partial charge in [-0.25, -0.2) is 0 Å². The molecule has 0 aromatic carbocycles. The first-order valence-corrected chi connectivity index (χ1v) is 8.48. The van der Waals surface area contributed by atoms with Crippen LogP contribution in [-0.4, -0.2) is 23.4 Å². The number of halogens is 2. The monoisotopic (exact) mass is 335 g/mol. The normalized spacial score (nSPS) is 17.8. The molecule has 0 bridgehead atoms. The summed E-state index contributed by atoms with van der Waals surface area (Å²) in [7, 11) is 0. The molecule has 0 amide bonds. The van der Waals surface area contributed by atoms with Crippen molar-refractivity contribution in [1.29, 1.82) is 0 Å². The number of rotatable bonds is 5. The van der Waals surface area contributed by atoms with Crippen LogP contribution < -0.4 is 0 Å². The Bertz CT molecular complexity index is 336. The fourth-order valence-corrected chi connectivity index (χ4v) is 4.31. The molecule has 1 aromatic heterocycles. The smallest absolute Gasteiger partial charge is 0.0701 e. The Kier molecular flexibility index (Phi) is 5.81. The van der Waals surface area contributed by atoms with Crippen molar-refractivity contribution in [1.82, 2.24) is 4.90 Å². The number of alkyl halides is 1. The van der Waals surface area contributed by atoms with Gasteiger partial charge in [0.15, 0.2) is 0 Å². The molecule has 1 nitrogen and oxygen atoms in total. The van der Waals surface area contributed by atoms with E-state index in [1.807, 2.05) is 11.3 Å². The lowest BCUT2D eigenvalue weighted by Gasteiger charge is -2.33. The second kappa shape index (κ2) is 7.13. The molecule has 0 radical (unpaired) electrons. The van der Waals surface area contributed by atoms with Crippen LogP contribution in [0.4, 0.5) is 0 Å². The van der Waals surface area contributed by atoms with Gasteiger partial charge >= 0.3 is 0 Å². The Balaban J connectivity index is 1.95. The van der Waals surface area contributed by atoms with Crippen LogP contribution >= 0.6 is 38.9 Å². The van der Waals surface area contributed by atoms with Gasteiger partial charge in [-0.1, -0.05) is 19.3 Å². The minimum atomic E-state index is 0.739. The molecule has 0 spiro atoms. The summed E-state index contributed by atoms with van der Waals surface area (Å²) in [5, 5.41) is 0. The Morgan fingerprint density at radius 1 is 1.29 bits per heavy atom. The molecule has 1 aromatic rings. The SMILES string of the molecule is ClCCN(Cc1ccc(Br)s1)C1CCCCC1. The zero-order valence-electron chi connectivity index (χ0n) is 10.0. The zero-order chi connectivity index (χ0) is 12.1. The second-order valence-corrected chi connectivity index (χ2v) is 7.58. The summed E-state index contributed by atoms with van der Waals surface area (Å²) >= 11 is 11.3. The van der Waals surface area contributed by atoms with Crippen molar-refractivity contribution >= 4 is 38.9 Å². The quantitative estimate of drug-likeness (QED) is 0.692. The van der Waals surface area contributed by atoms with Gasteiger partial charge in [-0.2, -0.15) is 0 Å². The van der Waals surface area contributed by atoms with Crippen LogP contribution in [0.25, 0.3) is 0 Å². The van der Waals surface area contributed by atoms with E-state index in [9.17, 15) is 0 Å². The predicted octanol–water partition coefficient (Wildman–Crippen LogP) is 4.88. The van der Waals surface area contributed by atoms with E-state index < -0.39 is 0 Å². The van der Waals surface area contributed by atoms with Crippen LogP contribution in [0.2, 0.25) is 0 Å². The van der Waals surface area contributed by atoms with Crippen LogP contribution in [0, 0.1) is 0 Å². The summed E-state index contributed by atoms with van der Waals surface area (Å²) in [6, 6.07) is 5.11. The van der Waals surface area contributed by atoms with Gasteiger partial charge in [-0.15, -0.1) is 22.9 Å². The van der Waals surface area contributed by atoms with Gasteiger partial charge in [0, 0.05) is 29.9 Å². The minimum absolute atomic E-state index is 0.739. The molecule has 1 heterocycles. The molecule has 0 aliphatic heterocycles. The molecule has 1 saturated carbocycles. The first kappa shape index (κ1) is 13.9. The summed E-state index contributed by atoms with van der Waals surface area (Å²) in [6.07, 6.45) is 6.89. The molecule has 96 valence electrons. The summed E-state index contributed by atoms with van der Waals surface area (Å²) in [5.41, 5.74) is 0. The molecule has 0 atom stereocenters. The average Bonchev–Trinajstić information content (AvgIpc) is 2.75. The summed E-state index contributed by atoms with van der Waals surface area (Å²) in [6.45, 7) is 2.08. The molecular formula is C13H19BrClNS. The van der Waals surface area contributed by atoms with Gasteiger partial charge in [0.25, 0.3) is 0 Å². The predicted molar refractivity (Wildman–Crippen MR) is 80.0 cm³/mol. The van der Waals surface area contributed by atoms with E-state index in [0.717, 1.165) is 25.0 Å². The first-order valence-electron chi connectivity index (χ1n) is 6.34. The largest absolute Gasteiger partial charge is 0.294 e. The summed E-state index contributed by atoms with van der Waals surface area (Å²) < 4.78 is 1.22. The van der Waals surface area contributed by atoms with Crippen molar-refractivity contribution in [3.05, 3.63) is 20.8 Å². The van der Waals surface area contributed by atoms with Crippen molar-refractivity contribution in [3.63, 3.8) is 0 Å². The molecule has 0 unspecified atom stereocenters. The third kappa shape index (κ3) is 4.23. The van der Waals surface area contributed by atoms with Gasteiger partial charge in [0.2, 0.25) is 0 Å². The molecule has 0 saturated heterocycles. The van der Waals surface area contributed by atoms with Crippen molar-refractivity contribution in [2.24, 2.45) is 0 Å². The minimum Gasteiger partial charge on any atom is -0.294 e. The molecule has 17 heavy (non-hydrogen) atoms. The van der Waals surface area contributed by atoms with Crippen LogP contribution in [0.15, 0.2) is 15.9 Å². The van der Waals surface area contributed by atoms with Crippen LogP contribution in [0.5, 0.6) is 0 Å². The number of hydrogen-bond acceptors (Lipinski definition) is 2.